The minimum atomic E-state index is -3.61. The van der Waals surface area contributed by atoms with Crippen molar-refractivity contribution < 1.29 is 22.7 Å². The lowest BCUT2D eigenvalue weighted by molar-refractivity contribution is -0.140. The average Bonchev–Trinajstić information content (AvgIpc) is 2.85. The van der Waals surface area contributed by atoms with Gasteiger partial charge >= 0.3 is 0 Å². The van der Waals surface area contributed by atoms with Gasteiger partial charge in [0.15, 0.2) is 0 Å². The van der Waals surface area contributed by atoms with Gasteiger partial charge in [0, 0.05) is 47.2 Å². The summed E-state index contributed by atoms with van der Waals surface area (Å²) in [5.41, 5.74) is 0.979. The molecule has 0 saturated carbocycles. The monoisotopic (exact) mass is 571 g/mol. The molecule has 0 spiro atoms. The Morgan fingerprint density at radius 2 is 1.70 bits per heavy atom. The lowest BCUT2D eigenvalue weighted by Gasteiger charge is -2.30. The number of nitrogens with one attached hydrogen (secondary N) is 1. The van der Waals surface area contributed by atoms with Crippen molar-refractivity contribution in [3.8, 4) is 5.75 Å². The molecule has 2 aromatic rings. The molecular formula is C26H35Cl2N3O5S. The van der Waals surface area contributed by atoms with Crippen molar-refractivity contribution in [3.05, 3.63) is 58.1 Å². The number of hydrogen-bond donors (Lipinski definition) is 1. The van der Waals surface area contributed by atoms with Gasteiger partial charge in [-0.2, -0.15) is 0 Å². The lowest BCUT2D eigenvalue weighted by atomic mass is 10.1. The van der Waals surface area contributed by atoms with Gasteiger partial charge in [-0.3, -0.25) is 13.9 Å². The molecule has 0 bridgehead atoms. The molecule has 0 heterocycles. The zero-order valence-corrected chi connectivity index (χ0v) is 24.2. The second-order valence-corrected chi connectivity index (χ2v) is 11.6. The Labute approximate surface area is 229 Å². The Bertz CT molecular complexity index is 1170. The van der Waals surface area contributed by atoms with Gasteiger partial charge in [-0.25, -0.2) is 8.42 Å². The Balaban J connectivity index is 2.24. The summed E-state index contributed by atoms with van der Waals surface area (Å²) in [6.07, 6.45) is 2.10. The molecule has 0 saturated heterocycles. The van der Waals surface area contributed by atoms with Crippen LogP contribution in [0.4, 0.5) is 5.69 Å². The summed E-state index contributed by atoms with van der Waals surface area (Å²) in [4.78, 5) is 27.7. The van der Waals surface area contributed by atoms with E-state index in [4.69, 9.17) is 27.9 Å². The first-order valence-electron chi connectivity index (χ1n) is 12.0. The van der Waals surface area contributed by atoms with E-state index in [1.807, 2.05) is 13.8 Å². The first kappa shape index (κ1) is 30.7. The van der Waals surface area contributed by atoms with Crippen molar-refractivity contribution in [1.29, 1.82) is 0 Å². The number of carbonyl (C=O) groups excluding carboxylic acids is 2. The number of amides is 2. The Morgan fingerprint density at radius 1 is 1.08 bits per heavy atom. The summed E-state index contributed by atoms with van der Waals surface area (Å²) < 4.78 is 31.4. The second-order valence-electron chi connectivity index (χ2n) is 8.86. The van der Waals surface area contributed by atoms with E-state index in [2.05, 4.69) is 5.32 Å². The number of carbonyl (C=O) groups is 2. The summed E-state index contributed by atoms with van der Waals surface area (Å²) in [7, 11) is -2.11. The van der Waals surface area contributed by atoms with Gasteiger partial charge < -0.3 is 15.0 Å². The van der Waals surface area contributed by atoms with E-state index < -0.39 is 16.1 Å². The molecule has 1 N–H and O–H groups in total. The maximum Gasteiger partial charge on any atom is 0.242 e. The van der Waals surface area contributed by atoms with Crippen LogP contribution in [0.5, 0.6) is 5.75 Å². The number of nitrogens with zero attached hydrogens (tertiary/aromatic N) is 2. The van der Waals surface area contributed by atoms with Crippen LogP contribution < -0.4 is 14.4 Å². The molecule has 0 radical (unpaired) electrons. The van der Waals surface area contributed by atoms with Crippen LogP contribution in [0.1, 0.15) is 45.6 Å². The number of ether oxygens (including phenoxy) is 1. The molecule has 11 heteroatoms. The molecule has 2 rings (SSSR count). The minimum absolute atomic E-state index is 0.0129. The third-order valence-corrected chi connectivity index (χ3v) is 7.95. The van der Waals surface area contributed by atoms with Crippen LogP contribution in [0.3, 0.4) is 0 Å². The van der Waals surface area contributed by atoms with Crippen molar-refractivity contribution in [1.82, 2.24) is 10.2 Å². The molecule has 2 atom stereocenters. The largest absolute Gasteiger partial charge is 0.497 e. The maximum atomic E-state index is 13.4. The molecule has 0 fully saturated rings. The van der Waals surface area contributed by atoms with Crippen molar-refractivity contribution in [2.45, 2.75) is 58.7 Å². The molecule has 0 aliphatic heterocycles. The van der Waals surface area contributed by atoms with Gasteiger partial charge in [-0.15, -0.1) is 0 Å². The Morgan fingerprint density at radius 3 is 2.27 bits per heavy atom. The summed E-state index contributed by atoms with van der Waals surface area (Å²) in [6, 6.07) is 10.9. The van der Waals surface area contributed by atoms with E-state index in [-0.39, 0.29) is 43.8 Å². The highest BCUT2D eigenvalue weighted by molar-refractivity contribution is 7.92. The standard InChI is InChI=1S/C26H35Cl2N3O5S/c1-6-18(2)29-26(33)19(3)30(17-22-23(27)12-8-13-24(22)28)25(32)14-9-15-31(37(5,34)35)20-10-7-11-21(16-20)36-4/h7-8,10-13,16,18-19H,6,9,14-15,17H2,1-5H3,(H,29,33)/t18-,19-/m0/s1. The lowest BCUT2D eigenvalue weighted by Crippen LogP contribution is -2.49. The predicted octanol–water partition coefficient (Wildman–Crippen LogP) is 4.88. The highest BCUT2D eigenvalue weighted by atomic mass is 35.5. The molecule has 0 aliphatic rings. The fourth-order valence-corrected chi connectivity index (χ4v) is 5.15. The van der Waals surface area contributed by atoms with Gasteiger partial charge in [0.2, 0.25) is 21.8 Å². The number of anilines is 1. The smallest absolute Gasteiger partial charge is 0.242 e. The summed E-state index contributed by atoms with van der Waals surface area (Å²) >= 11 is 12.7. The summed E-state index contributed by atoms with van der Waals surface area (Å²) in [5.74, 6) is -0.0898. The van der Waals surface area contributed by atoms with E-state index >= 15 is 0 Å². The summed E-state index contributed by atoms with van der Waals surface area (Å²) in [6.45, 7) is 5.61. The number of benzene rings is 2. The first-order chi connectivity index (χ1) is 17.4. The van der Waals surface area contributed by atoms with Crippen LogP contribution in [-0.4, -0.2) is 57.1 Å². The molecule has 37 heavy (non-hydrogen) atoms. The Hall–Kier alpha value is -2.49. The maximum absolute atomic E-state index is 13.4. The van der Waals surface area contributed by atoms with Crippen LogP contribution in [-0.2, 0) is 26.2 Å². The molecule has 0 aliphatic carbocycles. The number of rotatable bonds is 13. The van der Waals surface area contributed by atoms with Crippen molar-refractivity contribution in [2.24, 2.45) is 0 Å². The molecule has 204 valence electrons. The van der Waals surface area contributed by atoms with E-state index in [0.29, 0.717) is 27.0 Å². The molecule has 2 aromatic carbocycles. The molecule has 2 amide bonds. The van der Waals surface area contributed by atoms with Crippen molar-refractivity contribution >= 4 is 50.7 Å². The van der Waals surface area contributed by atoms with Crippen LogP contribution in [0.2, 0.25) is 10.0 Å². The fourth-order valence-electron chi connectivity index (χ4n) is 3.67. The topological polar surface area (TPSA) is 96.0 Å². The molecule has 8 nitrogen and oxygen atoms in total. The average molecular weight is 573 g/mol. The number of hydrogen-bond acceptors (Lipinski definition) is 5. The van der Waals surface area contributed by atoms with Gasteiger partial charge in [-0.05, 0) is 51.0 Å². The van der Waals surface area contributed by atoms with Crippen molar-refractivity contribution in [2.75, 3.05) is 24.2 Å². The van der Waals surface area contributed by atoms with Gasteiger partial charge in [0.1, 0.15) is 11.8 Å². The molecular weight excluding hydrogens is 537 g/mol. The highest BCUT2D eigenvalue weighted by Crippen LogP contribution is 2.27. The van der Waals surface area contributed by atoms with Crippen LogP contribution in [0.15, 0.2) is 42.5 Å². The van der Waals surface area contributed by atoms with E-state index in [0.717, 1.165) is 12.7 Å². The minimum Gasteiger partial charge on any atom is -0.497 e. The van der Waals surface area contributed by atoms with Gasteiger partial charge in [0.05, 0.1) is 19.1 Å². The predicted molar refractivity (Wildman–Crippen MR) is 149 cm³/mol. The summed E-state index contributed by atoms with van der Waals surface area (Å²) in [5, 5.41) is 3.69. The SMILES string of the molecule is CC[C@H](C)NC(=O)[C@H](C)N(Cc1c(Cl)cccc1Cl)C(=O)CCCN(c1cccc(OC)c1)S(C)(=O)=O. The highest BCUT2D eigenvalue weighted by Gasteiger charge is 2.28. The number of methoxy groups -OCH3 is 1. The van der Waals surface area contributed by atoms with Crippen molar-refractivity contribution in [3.63, 3.8) is 0 Å². The third-order valence-electron chi connectivity index (χ3n) is 6.05. The Kier molecular flexibility index (Phi) is 11.5. The normalized spacial score (nSPS) is 12.9. The first-order valence-corrected chi connectivity index (χ1v) is 14.6. The number of sulfonamides is 1. The van der Waals surface area contributed by atoms with Gasteiger partial charge in [0.25, 0.3) is 0 Å². The zero-order valence-electron chi connectivity index (χ0n) is 21.8. The van der Waals surface area contributed by atoms with Crippen LogP contribution >= 0.6 is 23.2 Å². The molecule has 0 aromatic heterocycles. The van der Waals surface area contributed by atoms with E-state index in [9.17, 15) is 18.0 Å². The fraction of sp³-hybridized carbons (Fsp3) is 0.462. The van der Waals surface area contributed by atoms with Crippen LogP contribution in [0, 0.1) is 0 Å². The zero-order chi connectivity index (χ0) is 27.8. The number of halogens is 2. The third kappa shape index (κ3) is 8.79. The second kappa shape index (κ2) is 13.9. The van der Waals surface area contributed by atoms with Gasteiger partial charge in [-0.1, -0.05) is 42.3 Å². The van der Waals surface area contributed by atoms with E-state index in [1.54, 1.807) is 49.4 Å². The van der Waals surface area contributed by atoms with Crippen LogP contribution in [0.25, 0.3) is 0 Å². The quantitative estimate of drug-likeness (QED) is 0.369. The molecule has 0 unspecified atom stereocenters. The van der Waals surface area contributed by atoms with E-state index in [1.165, 1.54) is 16.3 Å².